The number of carbonyl (C=O) groups excluding carboxylic acids is 4. The molecule has 0 aromatic heterocycles. The van der Waals surface area contributed by atoms with E-state index in [1.54, 1.807) is 6.26 Å². The molecule has 0 rings (SSSR count). The van der Waals surface area contributed by atoms with Gasteiger partial charge in [-0.1, -0.05) is 0 Å². The lowest BCUT2D eigenvalue weighted by Gasteiger charge is -2.13. The van der Waals surface area contributed by atoms with E-state index in [0.29, 0.717) is 0 Å². The molecule has 0 heterocycles. The molecule has 0 saturated carbocycles. The molecule has 110 valence electrons. The van der Waals surface area contributed by atoms with Gasteiger partial charge in [-0.2, -0.15) is 25.3 Å². The summed E-state index contributed by atoms with van der Waals surface area (Å²) >= 11 is 7.37. The number of thiol groups is 2. The maximum Gasteiger partial charge on any atom is 0.337 e. The summed E-state index contributed by atoms with van der Waals surface area (Å²) in [6.07, 6.45) is 1.69. The molecule has 0 radical (unpaired) electrons. The van der Waals surface area contributed by atoms with E-state index < -0.39 is 36.3 Å². The highest BCUT2D eigenvalue weighted by molar-refractivity contribution is 7.80. The summed E-state index contributed by atoms with van der Waals surface area (Å²) in [5.41, 5.74) is 0. The molecule has 2 N–H and O–H groups in total. The highest BCUT2D eigenvalue weighted by Crippen LogP contribution is 1.93. The van der Waals surface area contributed by atoms with Gasteiger partial charge in [0, 0.05) is 19.6 Å². The Morgan fingerprint density at radius 2 is 1.63 bits per heavy atom. The second kappa shape index (κ2) is 11.8. The summed E-state index contributed by atoms with van der Waals surface area (Å²) in [6.45, 7) is 2.05. The number of nitrogens with one attached hydrogen (secondary N) is 2. The summed E-state index contributed by atoms with van der Waals surface area (Å²) in [5.74, 6) is -2.66. The van der Waals surface area contributed by atoms with Crippen molar-refractivity contribution in [3.8, 4) is 0 Å². The SMILES string of the molecule is CC(=O)NCC(=O)OC(=O)C(CS)NC(C)=O.CS. The van der Waals surface area contributed by atoms with E-state index in [-0.39, 0.29) is 5.75 Å². The van der Waals surface area contributed by atoms with E-state index in [9.17, 15) is 19.2 Å². The minimum atomic E-state index is -0.989. The Morgan fingerprint density at radius 1 is 1.11 bits per heavy atom. The van der Waals surface area contributed by atoms with Crippen LogP contribution in [0.25, 0.3) is 0 Å². The van der Waals surface area contributed by atoms with Crippen LogP contribution in [0.1, 0.15) is 13.8 Å². The predicted octanol–water partition coefficient (Wildman–Crippen LogP) is -0.827. The van der Waals surface area contributed by atoms with Crippen LogP contribution >= 0.6 is 25.3 Å². The van der Waals surface area contributed by atoms with Gasteiger partial charge in [-0.3, -0.25) is 9.59 Å². The number of hydrogen-bond acceptors (Lipinski definition) is 7. The Hall–Kier alpha value is -1.22. The van der Waals surface area contributed by atoms with Crippen molar-refractivity contribution in [2.45, 2.75) is 19.9 Å². The minimum Gasteiger partial charge on any atom is -0.390 e. The van der Waals surface area contributed by atoms with Gasteiger partial charge in [-0.05, 0) is 6.26 Å². The predicted molar refractivity (Wildman–Crippen MR) is 76.2 cm³/mol. The zero-order chi connectivity index (χ0) is 15.4. The van der Waals surface area contributed by atoms with Crippen molar-refractivity contribution in [2.75, 3.05) is 18.6 Å². The second-order valence-corrected chi connectivity index (χ2v) is 3.50. The molecule has 0 aliphatic carbocycles. The van der Waals surface area contributed by atoms with Gasteiger partial charge in [0.25, 0.3) is 0 Å². The summed E-state index contributed by atoms with van der Waals surface area (Å²) in [5, 5.41) is 4.45. The van der Waals surface area contributed by atoms with Gasteiger partial charge >= 0.3 is 11.9 Å². The quantitative estimate of drug-likeness (QED) is 0.302. The lowest BCUT2D eigenvalue weighted by Crippen LogP contribution is -2.43. The van der Waals surface area contributed by atoms with E-state index >= 15 is 0 Å². The maximum absolute atomic E-state index is 11.3. The van der Waals surface area contributed by atoms with Crippen molar-refractivity contribution in [3.05, 3.63) is 0 Å². The van der Waals surface area contributed by atoms with Crippen molar-refractivity contribution < 1.29 is 23.9 Å². The molecule has 0 fully saturated rings. The highest BCUT2D eigenvalue weighted by Gasteiger charge is 2.22. The number of ether oxygens (including phenoxy) is 1. The molecule has 0 spiro atoms. The number of hydrogen-bond donors (Lipinski definition) is 4. The van der Waals surface area contributed by atoms with E-state index in [4.69, 9.17) is 0 Å². The molecule has 0 aromatic carbocycles. The van der Waals surface area contributed by atoms with Gasteiger partial charge in [0.1, 0.15) is 12.6 Å². The van der Waals surface area contributed by atoms with Crippen molar-refractivity contribution in [2.24, 2.45) is 0 Å². The van der Waals surface area contributed by atoms with Crippen LogP contribution in [0.5, 0.6) is 0 Å². The molecule has 9 heteroatoms. The first-order chi connectivity index (χ1) is 8.86. The van der Waals surface area contributed by atoms with Gasteiger partial charge in [0.05, 0.1) is 0 Å². The monoisotopic (exact) mass is 310 g/mol. The van der Waals surface area contributed by atoms with E-state index in [2.05, 4.69) is 40.6 Å². The minimum absolute atomic E-state index is 0.00578. The number of amides is 2. The van der Waals surface area contributed by atoms with Crippen LogP contribution in [0, 0.1) is 0 Å². The van der Waals surface area contributed by atoms with Crippen molar-refractivity contribution in [3.63, 3.8) is 0 Å². The fourth-order valence-electron chi connectivity index (χ4n) is 0.841. The van der Waals surface area contributed by atoms with Crippen LogP contribution in [-0.2, 0) is 23.9 Å². The van der Waals surface area contributed by atoms with E-state index in [0.717, 1.165) is 0 Å². The normalized spacial score (nSPS) is 10.4. The Bertz CT molecular complexity index is 336. The summed E-state index contributed by atoms with van der Waals surface area (Å²) in [4.78, 5) is 43.6. The molecule has 1 atom stereocenters. The van der Waals surface area contributed by atoms with Crippen LogP contribution in [0.4, 0.5) is 0 Å². The number of carbonyl (C=O) groups is 4. The third-order valence-electron chi connectivity index (χ3n) is 1.54. The molecule has 0 saturated heterocycles. The van der Waals surface area contributed by atoms with Crippen LogP contribution in [0.2, 0.25) is 0 Å². The average Bonchev–Trinajstić information content (AvgIpc) is 2.35. The molecule has 0 aliphatic heterocycles. The molecule has 0 aliphatic rings. The molecular formula is C10H18N2O5S2. The topological polar surface area (TPSA) is 102 Å². The zero-order valence-corrected chi connectivity index (χ0v) is 12.7. The van der Waals surface area contributed by atoms with Gasteiger partial charge < -0.3 is 15.4 Å². The molecular weight excluding hydrogens is 292 g/mol. The second-order valence-electron chi connectivity index (χ2n) is 3.14. The Morgan fingerprint density at radius 3 is 2.00 bits per heavy atom. The summed E-state index contributed by atoms with van der Waals surface area (Å²) in [7, 11) is 0. The molecule has 0 aromatic rings. The summed E-state index contributed by atoms with van der Waals surface area (Å²) < 4.78 is 4.40. The molecule has 7 nitrogen and oxygen atoms in total. The van der Waals surface area contributed by atoms with Crippen LogP contribution in [0.3, 0.4) is 0 Å². The molecule has 19 heavy (non-hydrogen) atoms. The van der Waals surface area contributed by atoms with Crippen molar-refractivity contribution >= 4 is 49.0 Å². The van der Waals surface area contributed by atoms with Gasteiger partial charge in [-0.25, -0.2) is 9.59 Å². The van der Waals surface area contributed by atoms with Gasteiger partial charge in [-0.15, -0.1) is 0 Å². The average molecular weight is 310 g/mol. The first-order valence-corrected chi connectivity index (χ1v) is 6.71. The highest BCUT2D eigenvalue weighted by atomic mass is 32.1. The largest absolute Gasteiger partial charge is 0.390 e. The molecule has 1 unspecified atom stereocenters. The fourth-order valence-corrected chi connectivity index (χ4v) is 1.08. The third kappa shape index (κ3) is 11.6. The first-order valence-electron chi connectivity index (χ1n) is 5.18. The first kappa shape index (κ1) is 20.1. The van der Waals surface area contributed by atoms with E-state index in [1.807, 2.05) is 0 Å². The maximum atomic E-state index is 11.3. The van der Waals surface area contributed by atoms with Crippen LogP contribution in [0.15, 0.2) is 0 Å². The smallest absolute Gasteiger partial charge is 0.337 e. The number of esters is 2. The molecule has 0 bridgehead atoms. The fraction of sp³-hybridized carbons (Fsp3) is 0.600. The van der Waals surface area contributed by atoms with Crippen molar-refractivity contribution in [1.82, 2.24) is 10.6 Å². The molecule has 2 amide bonds. The zero-order valence-electron chi connectivity index (χ0n) is 10.9. The van der Waals surface area contributed by atoms with Crippen molar-refractivity contribution in [1.29, 1.82) is 0 Å². The van der Waals surface area contributed by atoms with Crippen LogP contribution in [-0.4, -0.2) is 48.3 Å². The lowest BCUT2D eigenvalue weighted by molar-refractivity contribution is -0.161. The van der Waals surface area contributed by atoms with Gasteiger partial charge in [0.15, 0.2) is 0 Å². The number of rotatable bonds is 5. The lowest BCUT2D eigenvalue weighted by atomic mass is 10.3. The van der Waals surface area contributed by atoms with E-state index in [1.165, 1.54) is 13.8 Å². The Labute approximate surface area is 122 Å². The standard InChI is InChI=1S/C9H14N2O5S.CH4S/c1-5(12)10-3-8(14)16-9(15)7(4-17)11-6(2)13;1-2/h7,17H,3-4H2,1-2H3,(H,10,12)(H,11,13);2H,1H3. The van der Waals surface area contributed by atoms with Crippen LogP contribution < -0.4 is 10.6 Å². The third-order valence-corrected chi connectivity index (χ3v) is 1.91. The Balaban J connectivity index is 0. The summed E-state index contributed by atoms with van der Waals surface area (Å²) in [6, 6.07) is -0.989. The Kier molecular flexibility index (Phi) is 12.5. The van der Waals surface area contributed by atoms with Gasteiger partial charge in [0.2, 0.25) is 11.8 Å².